The number of amides is 4. The lowest BCUT2D eigenvalue weighted by atomic mass is 9.96. The summed E-state index contributed by atoms with van der Waals surface area (Å²) in [5.41, 5.74) is -0.246. The molecule has 3 aromatic rings. The van der Waals surface area contributed by atoms with E-state index in [4.69, 9.17) is 35.3 Å². The molecule has 1 saturated heterocycles. The molecule has 1 heterocycles. The van der Waals surface area contributed by atoms with E-state index in [1.54, 1.807) is 58.0 Å². The summed E-state index contributed by atoms with van der Waals surface area (Å²) in [5, 5.41) is 15.2. The molecular weight excluding hydrogens is 724 g/mol. The second-order valence-corrected chi connectivity index (χ2v) is 13.9. The number of nitrogens with zero attached hydrogens (tertiary/aromatic N) is 3. The van der Waals surface area contributed by atoms with Crippen molar-refractivity contribution >= 4 is 41.1 Å². The molecule has 0 spiro atoms. The zero-order valence-corrected chi connectivity index (χ0v) is 32.3. The van der Waals surface area contributed by atoms with E-state index in [0.717, 1.165) is 4.90 Å². The molecule has 0 aliphatic carbocycles. The van der Waals surface area contributed by atoms with Gasteiger partial charge in [-0.1, -0.05) is 24.6 Å². The minimum absolute atomic E-state index is 0.0354. The second-order valence-electron chi connectivity index (χ2n) is 13.5. The second kappa shape index (κ2) is 17.5. The predicted molar refractivity (Wildman–Crippen MR) is 198 cm³/mol. The molecule has 54 heavy (non-hydrogen) atoms. The van der Waals surface area contributed by atoms with Gasteiger partial charge in [-0.05, 0) is 69.0 Å². The molecule has 3 aromatic carbocycles. The maximum absolute atomic E-state index is 14.3. The molecule has 16 heteroatoms. The molecule has 0 aromatic heterocycles. The number of hydrogen-bond donors (Lipinski definition) is 1. The van der Waals surface area contributed by atoms with E-state index in [1.165, 1.54) is 51.5 Å². The fraction of sp³-hybridized carbons (Fsp3) is 0.421. The van der Waals surface area contributed by atoms with E-state index in [-0.39, 0.29) is 31.5 Å². The number of esters is 1. The molecule has 0 saturated carbocycles. The van der Waals surface area contributed by atoms with Crippen LogP contribution in [0.15, 0.2) is 48.5 Å². The summed E-state index contributed by atoms with van der Waals surface area (Å²) in [5.74, 6) is -1.29. The van der Waals surface area contributed by atoms with Crippen molar-refractivity contribution in [2.24, 2.45) is 5.92 Å². The average molecular weight is 769 g/mol. The lowest BCUT2D eigenvalue weighted by Gasteiger charge is -2.26. The van der Waals surface area contributed by atoms with Gasteiger partial charge in [-0.3, -0.25) is 24.6 Å². The van der Waals surface area contributed by atoms with E-state index >= 15 is 0 Å². The van der Waals surface area contributed by atoms with Crippen molar-refractivity contribution < 1.29 is 47.8 Å². The number of imide groups is 1. The first-order valence-corrected chi connectivity index (χ1v) is 17.4. The number of hydrogen-bond acceptors (Lipinski definition) is 11. The van der Waals surface area contributed by atoms with Gasteiger partial charge in [0.2, 0.25) is 11.8 Å². The van der Waals surface area contributed by atoms with Crippen molar-refractivity contribution in [1.82, 2.24) is 15.1 Å². The highest BCUT2D eigenvalue weighted by Gasteiger charge is 2.39. The van der Waals surface area contributed by atoms with Crippen LogP contribution in [-0.2, 0) is 27.3 Å². The van der Waals surface area contributed by atoms with Crippen molar-refractivity contribution in [2.45, 2.75) is 58.7 Å². The average Bonchev–Trinajstić information content (AvgIpc) is 3.24. The van der Waals surface area contributed by atoms with Crippen molar-refractivity contribution in [3.05, 3.63) is 85.9 Å². The fourth-order valence-corrected chi connectivity index (χ4v) is 6.32. The molecule has 1 aliphatic heterocycles. The van der Waals surface area contributed by atoms with E-state index in [1.807, 2.05) is 0 Å². The quantitative estimate of drug-likeness (QED) is 0.120. The maximum Gasteiger partial charge on any atom is 0.345 e. The van der Waals surface area contributed by atoms with Crippen LogP contribution in [0.4, 0.5) is 10.5 Å². The standard InChI is InChI=1S/C38H45ClN4O11/c1-9-29(22-10-12-27(30(16-22)43(48)49)36(46)54-38(2,3)4)40-37(47)42-21-34(44)41(20-28-32(52-7)17-26(50-5)18-33(28)53-8)19-24(35(42)45)14-23-15-25(39)11-13-31(23)51-6/h10-13,15-18,24,29H,9,14,19-21H2,1-8H3,(H,40,47)/t24-,29+/m0/s1. The highest BCUT2D eigenvalue weighted by Crippen LogP contribution is 2.36. The normalized spacial score (nSPS) is 15.2. The number of methoxy groups -OCH3 is 4. The van der Waals surface area contributed by atoms with E-state index in [0.29, 0.717) is 44.7 Å². The summed E-state index contributed by atoms with van der Waals surface area (Å²) >= 11 is 6.32. The maximum atomic E-state index is 14.3. The van der Waals surface area contributed by atoms with Crippen molar-refractivity contribution in [3.8, 4) is 23.0 Å². The van der Waals surface area contributed by atoms with Gasteiger partial charge in [-0.2, -0.15) is 0 Å². The number of benzene rings is 3. The number of nitro groups is 1. The van der Waals surface area contributed by atoms with Crippen LogP contribution in [0.3, 0.4) is 0 Å². The van der Waals surface area contributed by atoms with Crippen LogP contribution in [-0.4, -0.2) is 85.7 Å². The minimum Gasteiger partial charge on any atom is -0.496 e. The Kier molecular flexibility index (Phi) is 13.4. The number of ether oxygens (including phenoxy) is 5. The Balaban J connectivity index is 1.71. The van der Waals surface area contributed by atoms with Gasteiger partial charge in [0.25, 0.3) is 5.69 Å². The minimum atomic E-state index is -0.945. The van der Waals surface area contributed by atoms with Crippen LogP contribution in [0.25, 0.3) is 0 Å². The number of nitrogens with one attached hydrogen (secondary N) is 1. The molecule has 2 atom stereocenters. The van der Waals surface area contributed by atoms with Crippen LogP contribution >= 0.6 is 11.6 Å². The monoisotopic (exact) mass is 768 g/mol. The lowest BCUT2D eigenvalue weighted by molar-refractivity contribution is -0.385. The molecular formula is C38H45ClN4O11. The molecule has 290 valence electrons. The number of rotatable bonds is 13. The molecule has 0 radical (unpaired) electrons. The number of carbonyl (C=O) groups is 4. The molecule has 4 rings (SSSR count). The lowest BCUT2D eigenvalue weighted by Crippen LogP contribution is -2.48. The summed E-state index contributed by atoms with van der Waals surface area (Å²) in [4.78, 5) is 68.8. The van der Waals surface area contributed by atoms with Gasteiger partial charge in [0, 0.05) is 29.8 Å². The summed E-state index contributed by atoms with van der Waals surface area (Å²) < 4.78 is 27.5. The predicted octanol–water partition coefficient (Wildman–Crippen LogP) is 6.13. The van der Waals surface area contributed by atoms with Gasteiger partial charge in [0.15, 0.2) is 0 Å². The van der Waals surface area contributed by atoms with Gasteiger partial charge in [-0.15, -0.1) is 0 Å². The molecule has 1 fully saturated rings. The topological polar surface area (TPSA) is 176 Å². The van der Waals surface area contributed by atoms with E-state index in [9.17, 15) is 29.3 Å². The Labute approximate surface area is 318 Å². The Bertz CT molecular complexity index is 1890. The van der Waals surface area contributed by atoms with Gasteiger partial charge >= 0.3 is 12.0 Å². The largest absolute Gasteiger partial charge is 0.496 e. The van der Waals surface area contributed by atoms with Gasteiger partial charge in [-0.25, -0.2) is 9.59 Å². The van der Waals surface area contributed by atoms with Gasteiger partial charge in [0.1, 0.15) is 40.7 Å². The molecule has 15 nitrogen and oxygen atoms in total. The fourth-order valence-electron chi connectivity index (χ4n) is 6.12. The Hall–Kier alpha value is -5.57. The summed E-state index contributed by atoms with van der Waals surface area (Å²) in [6, 6.07) is 10.5. The summed E-state index contributed by atoms with van der Waals surface area (Å²) in [7, 11) is 5.91. The zero-order valence-electron chi connectivity index (χ0n) is 31.5. The van der Waals surface area contributed by atoms with Crippen LogP contribution < -0.4 is 24.3 Å². The number of halogens is 1. The van der Waals surface area contributed by atoms with Crippen molar-refractivity contribution in [3.63, 3.8) is 0 Å². The van der Waals surface area contributed by atoms with Crippen LogP contribution in [0, 0.1) is 16.0 Å². The van der Waals surface area contributed by atoms with Crippen molar-refractivity contribution in [1.29, 1.82) is 0 Å². The Morgan fingerprint density at radius 2 is 1.61 bits per heavy atom. The molecule has 4 amide bonds. The smallest absolute Gasteiger partial charge is 0.345 e. The van der Waals surface area contributed by atoms with Crippen molar-refractivity contribution in [2.75, 3.05) is 41.5 Å². The van der Waals surface area contributed by atoms with Crippen LogP contribution in [0.2, 0.25) is 5.02 Å². The Morgan fingerprint density at radius 3 is 2.17 bits per heavy atom. The third-order valence-electron chi connectivity index (χ3n) is 8.77. The first-order valence-electron chi connectivity index (χ1n) is 17.1. The number of carbonyl (C=O) groups excluding carboxylic acids is 4. The highest BCUT2D eigenvalue weighted by atomic mass is 35.5. The van der Waals surface area contributed by atoms with E-state index in [2.05, 4.69) is 5.32 Å². The third kappa shape index (κ3) is 9.69. The third-order valence-corrected chi connectivity index (χ3v) is 9.00. The Morgan fingerprint density at radius 1 is 0.963 bits per heavy atom. The van der Waals surface area contributed by atoms with Crippen LogP contribution in [0.5, 0.6) is 23.0 Å². The molecule has 0 bridgehead atoms. The van der Waals surface area contributed by atoms with Gasteiger partial charge < -0.3 is 33.9 Å². The first-order chi connectivity index (χ1) is 25.5. The van der Waals surface area contributed by atoms with E-state index < -0.39 is 58.5 Å². The zero-order chi connectivity index (χ0) is 39.9. The van der Waals surface area contributed by atoms with Crippen LogP contribution in [0.1, 0.15) is 67.2 Å². The number of nitro benzene ring substituents is 1. The highest BCUT2D eigenvalue weighted by molar-refractivity contribution is 6.30. The molecule has 1 aliphatic rings. The summed E-state index contributed by atoms with van der Waals surface area (Å²) in [6.45, 7) is 5.93. The van der Waals surface area contributed by atoms with Gasteiger partial charge in [0.05, 0.1) is 57.4 Å². The number of urea groups is 1. The summed E-state index contributed by atoms with van der Waals surface area (Å²) in [6.07, 6.45) is 0.305. The first kappa shape index (κ1) is 41.2. The molecule has 1 N–H and O–H groups in total. The SMILES string of the molecule is CC[C@@H](NC(=O)N1CC(=O)N(Cc2c(OC)cc(OC)cc2OC)C[C@H](Cc2cc(Cl)ccc2OC)C1=O)c1ccc(C(=O)OC(C)(C)C)c([N+](=O)[O-])c1. The molecule has 0 unspecified atom stereocenters.